The molecule has 19 heavy (non-hydrogen) atoms. The summed E-state index contributed by atoms with van der Waals surface area (Å²) in [6.07, 6.45) is 2.18. The molecule has 0 aliphatic carbocycles. The zero-order valence-corrected chi connectivity index (χ0v) is 13.1. The van der Waals surface area contributed by atoms with Gasteiger partial charge in [0, 0.05) is 16.2 Å². The highest BCUT2D eigenvalue weighted by atomic mass is 79.9. The van der Waals surface area contributed by atoms with Crippen molar-refractivity contribution in [1.82, 2.24) is 0 Å². The van der Waals surface area contributed by atoms with Crippen molar-refractivity contribution < 1.29 is 0 Å². The highest BCUT2D eigenvalue weighted by Gasteiger charge is 2.07. The van der Waals surface area contributed by atoms with Gasteiger partial charge in [-0.25, -0.2) is 0 Å². The van der Waals surface area contributed by atoms with E-state index in [4.69, 9.17) is 0 Å². The molecule has 1 N–H and O–H groups in total. The van der Waals surface area contributed by atoms with Gasteiger partial charge in [0.2, 0.25) is 0 Å². The molecule has 0 heterocycles. The first-order chi connectivity index (χ1) is 9.19. The van der Waals surface area contributed by atoms with Gasteiger partial charge in [-0.15, -0.1) is 0 Å². The second kappa shape index (κ2) is 6.76. The third-order valence-corrected chi connectivity index (χ3v) is 4.24. The third-order valence-electron chi connectivity index (χ3n) is 3.35. The molecule has 0 saturated carbocycles. The molecule has 2 aromatic rings. The molecule has 100 valence electrons. The van der Waals surface area contributed by atoms with Crippen molar-refractivity contribution in [3.05, 3.63) is 64.1 Å². The van der Waals surface area contributed by atoms with E-state index in [2.05, 4.69) is 83.6 Å². The van der Waals surface area contributed by atoms with Gasteiger partial charge in [-0.2, -0.15) is 0 Å². The van der Waals surface area contributed by atoms with E-state index in [-0.39, 0.29) is 0 Å². The minimum atomic E-state index is 0.475. The number of anilines is 1. The molecule has 1 unspecified atom stereocenters. The molecule has 0 saturated heterocycles. The summed E-state index contributed by atoms with van der Waals surface area (Å²) in [5, 5.41) is 3.62. The van der Waals surface area contributed by atoms with Crippen molar-refractivity contribution in [1.29, 1.82) is 0 Å². The molecular weight excluding hydrogens is 298 g/mol. The van der Waals surface area contributed by atoms with Crippen LogP contribution in [0, 0.1) is 6.92 Å². The van der Waals surface area contributed by atoms with E-state index in [1.54, 1.807) is 0 Å². The molecule has 0 spiro atoms. The molecule has 2 aromatic carbocycles. The topological polar surface area (TPSA) is 12.0 Å². The summed E-state index contributed by atoms with van der Waals surface area (Å²) in [5.41, 5.74) is 3.85. The Kier molecular flexibility index (Phi) is 5.03. The Bertz CT molecular complexity index is 522. The number of aryl methyl sites for hydroxylation is 1. The van der Waals surface area contributed by atoms with Crippen LogP contribution in [0.2, 0.25) is 0 Å². The SMILES string of the molecule is CCC(Cc1ccccc1)Nc1ccc(Br)c(C)c1. The van der Waals surface area contributed by atoms with Crippen molar-refractivity contribution >= 4 is 21.6 Å². The number of hydrogen-bond donors (Lipinski definition) is 1. The van der Waals surface area contributed by atoms with Gasteiger partial charge in [-0.1, -0.05) is 53.2 Å². The maximum Gasteiger partial charge on any atom is 0.0345 e. The third kappa shape index (κ3) is 4.10. The molecule has 0 aromatic heterocycles. The Morgan fingerprint density at radius 2 is 1.84 bits per heavy atom. The van der Waals surface area contributed by atoms with Gasteiger partial charge in [-0.3, -0.25) is 0 Å². The first-order valence-electron chi connectivity index (χ1n) is 6.75. The quantitative estimate of drug-likeness (QED) is 0.800. The van der Waals surface area contributed by atoms with E-state index in [1.807, 2.05) is 0 Å². The number of nitrogens with one attached hydrogen (secondary N) is 1. The van der Waals surface area contributed by atoms with Crippen molar-refractivity contribution in [2.45, 2.75) is 32.7 Å². The zero-order valence-electron chi connectivity index (χ0n) is 11.5. The lowest BCUT2D eigenvalue weighted by Gasteiger charge is -2.19. The zero-order chi connectivity index (χ0) is 13.7. The molecule has 1 atom stereocenters. The summed E-state index contributed by atoms with van der Waals surface area (Å²) < 4.78 is 1.16. The molecule has 0 bridgehead atoms. The summed E-state index contributed by atoms with van der Waals surface area (Å²) >= 11 is 3.54. The summed E-state index contributed by atoms with van der Waals surface area (Å²) in [6, 6.07) is 17.6. The normalized spacial score (nSPS) is 12.2. The van der Waals surface area contributed by atoms with Gasteiger partial charge in [0.05, 0.1) is 0 Å². The first kappa shape index (κ1) is 14.1. The predicted molar refractivity (Wildman–Crippen MR) is 86.7 cm³/mol. The van der Waals surface area contributed by atoms with E-state index >= 15 is 0 Å². The van der Waals surface area contributed by atoms with E-state index < -0.39 is 0 Å². The summed E-state index contributed by atoms with van der Waals surface area (Å²) in [5.74, 6) is 0. The lowest BCUT2D eigenvalue weighted by Crippen LogP contribution is -2.21. The van der Waals surface area contributed by atoms with Crippen LogP contribution < -0.4 is 5.32 Å². The second-order valence-corrected chi connectivity index (χ2v) is 5.76. The molecule has 2 heteroatoms. The average molecular weight is 318 g/mol. The minimum absolute atomic E-state index is 0.475. The molecular formula is C17H20BrN. The molecule has 0 radical (unpaired) electrons. The van der Waals surface area contributed by atoms with Gasteiger partial charge in [0.15, 0.2) is 0 Å². The Balaban J connectivity index is 2.04. The summed E-state index contributed by atoms with van der Waals surface area (Å²) in [6.45, 7) is 4.35. The highest BCUT2D eigenvalue weighted by Crippen LogP contribution is 2.21. The van der Waals surface area contributed by atoms with Gasteiger partial charge in [-0.05, 0) is 49.1 Å². The lowest BCUT2D eigenvalue weighted by molar-refractivity contribution is 0.690. The van der Waals surface area contributed by atoms with Crippen LogP contribution >= 0.6 is 15.9 Å². The Hall–Kier alpha value is -1.28. The van der Waals surface area contributed by atoms with E-state index in [1.165, 1.54) is 16.8 Å². The van der Waals surface area contributed by atoms with Crippen LogP contribution in [0.15, 0.2) is 53.0 Å². The van der Waals surface area contributed by atoms with Crippen LogP contribution in [-0.2, 0) is 6.42 Å². The van der Waals surface area contributed by atoms with Gasteiger partial charge in [0.25, 0.3) is 0 Å². The largest absolute Gasteiger partial charge is 0.382 e. The smallest absolute Gasteiger partial charge is 0.0345 e. The molecule has 0 fully saturated rings. The van der Waals surface area contributed by atoms with Crippen LogP contribution in [0.1, 0.15) is 24.5 Å². The lowest BCUT2D eigenvalue weighted by atomic mass is 10.0. The van der Waals surface area contributed by atoms with E-state index in [0.29, 0.717) is 6.04 Å². The van der Waals surface area contributed by atoms with Crippen molar-refractivity contribution in [2.24, 2.45) is 0 Å². The summed E-state index contributed by atoms with van der Waals surface area (Å²) in [4.78, 5) is 0. The Labute approximate surface area is 124 Å². The van der Waals surface area contributed by atoms with E-state index in [0.717, 1.165) is 17.3 Å². The standard InChI is InChI=1S/C17H20BrN/c1-3-15(12-14-7-5-4-6-8-14)19-16-9-10-17(18)13(2)11-16/h4-11,15,19H,3,12H2,1-2H3. The number of halogens is 1. The molecule has 0 aliphatic rings. The molecule has 0 amide bonds. The van der Waals surface area contributed by atoms with Crippen molar-refractivity contribution in [2.75, 3.05) is 5.32 Å². The van der Waals surface area contributed by atoms with E-state index in [9.17, 15) is 0 Å². The van der Waals surface area contributed by atoms with Crippen LogP contribution in [0.25, 0.3) is 0 Å². The fraction of sp³-hybridized carbons (Fsp3) is 0.294. The molecule has 2 rings (SSSR count). The predicted octanol–water partition coefficient (Wildman–Crippen LogP) is 5.19. The molecule has 0 aliphatic heterocycles. The van der Waals surface area contributed by atoms with Gasteiger partial charge in [0.1, 0.15) is 0 Å². The number of benzene rings is 2. The van der Waals surface area contributed by atoms with Gasteiger partial charge < -0.3 is 5.32 Å². The van der Waals surface area contributed by atoms with Crippen LogP contribution in [-0.4, -0.2) is 6.04 Å². The highest BCUT2D eigenvalue weighted by molar-refractivity contribution is 9.10. The van der Waals surface area contributed by atoms with Crippen molar-refractivity contribution in [3.8, 4) is 0 Å². The van der Waals surface area contributed by atoms with Gasteiger partial charge >= 0.3 is 0 Å². The second-order valence-electron chi connectivity index (χ2n) is 4.90. The first-order valence-corrected chi connectivity index (χ1v) is 7.55. The maximum atomic E-state index is 3.62. The van der Waals surface area contributed by atoms with Crippen LogP contribution in [0.4, 0.5) is 5.69 Å². The number of hydrogen-bond acceptors (Lipinski definition) is 1. The van der Waals surface area contributed by atoms with Crippen LogP contribution in [0.3, 0.4) is 0 Å². The average Bonchev–Trinajstić information content (AvgIpc) is 2.43. The monoisotopic (exact) mass is 317 g/mol. The van der Waals surface area contributed by atoms with Crippen molar-refractivity contribution in [3.63, 3.8) is 0 Å². The number of rotatable bonds is 5. The maximum absolute atomic E-state index is 3.62. The Morgan fingerprint density at radius 1 is 1.11 bits per heavy atom. The fourth-order valence-corrected chi connectivity index (χ4v) is 2.41. The van der Waals surface area contributed by atoms with Crippen LogP contribution in [0.5, 0.6) is 0 Å². The summed E-state index contributed by atoms with van der Waals surface area (Å²) in [7, 11) is 0. The molecule has 1 nitrogen and oxygen atoms in total. The Morgan fingerprint density at radius 3 is 2.47 bits per heavy atom. The minimum Gasteiger partial charge on any atom is -0.382 e. The fourth-order valence-electron chi connectivity index (χ4n) is 2.17.